The predicted molar refractivity (Wildman–Crippen MR) is 88.9 cm³/mol. The van der Waals surface area contributed by atoms with Gasteiger partial charge >= 0.3 is 0 Å². The average molecular weight is 307 g/mol. The number of aryl methyl sites for hydroxylation is 1. The number of hydrogen-bond acceptors (Lipinski definition) is 5. The van der Waals surface area contributed by atoms with Crippen LogP contribution in [0.2, 0.25) is 0 Å². The summed E-state index contributed by atoms with van der Waals surface area (Å²) >= 11 is 1.79. The summed E-state index contributed by atoms with van der Waals surface area (Å²) in [5, 5.41) is 8.70. The highest BCUT2D eigenvalue weighted by atomic mass is 32.1. The van der Waals surface area contributed by atoms with Gasteiger partial charge < -0.3 is 10.2 Å². The van der Waals surface area contributed by atoms with E-state index in [2.05, 4.69) is 43.1 Å². The van der Waals surface area contributed by atoms with Gasteiger partial charge in [0.25, 0.3) is 0 Å². The van der Waals surface area contributed by atoms with Crippen LogP contribution in [-0.4, -0.2) is 28.4 Å². The standard InChI is InChI=1S/C15H25N5S/c1-6-16-8-13-14(11(2)3)18-15(21-13)19(4)9-12-7-17-20(5)10-12/h7,10-11,16H,6,8-9H2,1-5H3. The third-order valence-electron chi connectivity index (χ3n) is 3.30. The van der Waals surface area contributed by atoms with Crippen LogP contribution in [0.25, 0.3) is 0 Å². The lowest BCUT2D eigenvalue weighted by Crippen LogP contribution is -2.15. The normalized spacial score (nSPS) is 11.3. The van der Waals surface area contributed by atoms with Crippen LogP contribution in [-0.2, 0) is 20.1 Å². The molecule has 0 amide bonds. The Kier molecular flexibility index (Phi) is 5.36. The minimum absolute atomic E-state index is 0.454. The van der Waals surface area contributed by atoms with Gasteiger partial charge in [-0.15, -0.1) is 11.3 Å². The lowest BCUT2D eigenvalue weighted by molar-refractivity contribution is 0.713. The average Bonchev–Trinajstić information content (AvgIpc) is 3.03. The summed E-state index contributed by atoms with van der Waals surface area (Å²) in [7, 11) is 4.03. The molecule has 0 aliphatic rings. The van der Waals surface area contributed by atoms with Crippen LogP contribution >= 0.6 is 11.3 Å². The first kappa shape index (κ1) is 16.0. The van der Waals surface area contributed by atoms with Gasteiger partial charge in [0, 0.05) is 43.8 Å². The molecule has 2 aromatic heterocycles. The number of hydrogen-bond donors (Lipinski definition) is 1. The largest absolute Gasteiger partial charge is 0.347 e. The zero-order valence-corrected chi connectivity index (χ0v) is 14.4. The van der Waals surface area contributed by atoms with Crippen molar-refractivity contribution in [3.8, 4) is 0 Å². The molecule has 5 nitrogen and oxygen atoms in total. The third-order valence-corrected chi connectivity index (χ3v) is 4.49. The van der Waals surface area contributed by atoms with Crippen molar-refractivity contribution in [1.29, 1.82) is 0 Å². The number of rotatable bonds is 7. The second-order valence-corrected chi connectivity index (χ2v) is 6.68. The van der Waals surface area contributed by atoms with E-state index in [0.29, 0.717) is 5.92 Å². The van der Waals surface area contributed by atoms with Crippen molar-refractivity contribution in [2.24, 2.45) is 7.05 Å². The fourth-order valence-electron chi connectivity index (χ4n) is 2.23. The van der Waals surface area contributed by atoms with Crippen LogP contribution in [0.15, 0.2) is 12.4 Å². The molecule has 21 heavy (non-hydrogen) atoms. The molecule has 0 spiro atoms. The molecule has 2 rings (SSSR count). The summed E-state index contributed by atoms with van der Waals surface area (Å²) in [6.07, 6.45) is 3.96. The van der Waals surface area contributed by atoms with Crippen LogP contribution in [0, 0.1) is 0 Å². The molecule has 0 saturated carbocycles. The van der Waals surface area contributed by atoms with E-state index in [0.717, 1.165) is 24.8 Å². The number of thiazole rings is 1. The maximum Gasteiger partial charge on any atom is 0.185 e. The second kappa shape index (κ2) is 7.04. The number of anilines is 1. The smallest absolute Gasteiger partial charge is 0.185 e. The van der Waals surface area contributed by atoms with Gasteiger partial charge in [0.05, 0.1) is 11.9 Å². The van der Waals surface area contributed by atoms with Crippen molar-refractivity contribution < 1.29 is 0 Å². The molecule has 0 aliphatic carbocycles. The van der Waals surface area contributed by atoms with Gasteiger partial charge in [0.1, 0.15) is 0 Å². The zero-order chi connectivity index (χ0) is 15.4. The molecule has 0 saturated heterocycles. The predicted octanol–water partition coefficient (Wildman–Crippen LogP) is 2.75. The van der Waals surface area contributed by atoms with E-state index in [9.17, 15) is 0 Å². The Morgan fingerprint density at radius 3 is 2.76 bits per heavy atom. The van der Waals surface area contributed by atoms with Crippen molar-refractivity contribution in [2.45, 2.75) is 39.8 Å². The molecule has 0 fully saturated rings. The van der Waals surface area contributed by atoms with Crippen molar-refractivity contribution in [3.63, 3.8) is 0 Å². The van der Waals surface area contributed by atoms with E-state index in [1.165, 1.54) is 16.1 Å². The molecule has 0 bridgehead atoms. The Bertz CT molecular complexity index is 572. The van der Waals surface area contributed by atoms with E-state index >= 15 is 0 Å². The fourth-order valence-corrected chi connectivity index (χ4v) is 3.37. The Hall–Kier alpha value is -1.40. The monoisotopic (exact) mass is 307 g/mol. The van der Waals surface area contributed by atoms with Crippen molar-refractivity contribution in [2.75, 3.05) is 18.5 Å². The topological polar surface area (TPSA) is 46.0 Å². The molecule has 1 N–H and O–H groups in total. The molecule has 0 atom stereocenters. The Balaban J connectivity index is 2.14. The van der Waals surface area contributed by atoms with E-state index in [1.807, 2.05) is 24.1 Å². The fraction of sp³-hybridized carbons (Fsp3) is 0.600. The lowest BCUT2D eigenvalue weighted by atomic mass is 10.1. The van der Waals surface area contributed by atoms with Gasteiger partial charge in [0.2, 0.25) is 0 Å². The van der Waals surface area contributed by atoms with Crippen molar-refractivity contribution in [1.82, 2.24) is 20.1 Å². The number of nitrogens with one attached hydrogen (secondary N) is 1. The minimum Gasteiger partial charge on any atom is -0.347 e. The number of nitrogens with zero attached hydrogens (tertiary/aromatic N) is 4. The lowest BCUT2D eigenvalue weighted by Gasteiger charge is -2.14. The Morgan fingerprint density at radius 1 is 1.43 bits per heavy atom. The molecular weight excluding hydrogens is 282 g/mol. The quantitative estimate of drug-likeness (QED) is 0.854. The first-order valence-electron chi connectivity index (χ1n) is 7.40. The van der Waals surface area contributed by atoms with Gasteiger partial charge in [-0.3, -0.25) is 4.68 Å². The highest BCUT2D eigenvalue weighted by Gasteiger charge is 2.16. The molecule has 0 aliphatic heterocycles. The Labute approximate surface area is 131 Å². The van der Waals surface area contributed by atoms with Crippen LogP contribution in [0.4, 0.5) is 5.13 Å². The molecule has 0 unspecified atom stereocenters. The van der Waals surface area contributed by atoms with Crippen LogP contribution in [0.1, 0.15) is 42.8 Å². The molecule has 0 aromatic carbocycles. The van der Waals surface area contributed by atoms with Gasteiger partial charge in [-0.1, -0.05) is 20.8 Å². The van der Waals surface area contributed by atoms with Crippen molar-refractivity contribution in [3.05, 3.63) is 28.5 Å². The molecular formula is C15H25N5S. The maximum atomic E-state index is 4.84. The first-order chi connectivity index (χ1) is 10.0. The molecule has 2 heterocycles. The molecule has 116 valence electrons. The first-order valence-corrected chi connectivity index (χ1v) is 8.21. The second-order valence-electron chi connectivity index (χ2n) is 5.62. The zero-order valence-electron chi connectivity index (χ0n) is 13.6. The Morgan fingerprint density at radius 2 is 2.19 bits per heavy atom. The van der Waals surface area contributed by atoms with Gasteiger partial charge in [-0.25, -0.2) is 4.98 Å². The van der Waals surface area contributed by atoms with Gasteiger partial charge in [-0.05, 0) is 12.5 Å². The summed E-state index contributed by atoms with van der Waals surface area (Å²) in [5.41, 5.74) is 2.42. The van der Waals surface area contributed by atoms with E-state index in [1.54, 1.807) is 11.3 Å². The summed E-state index contributed by atoms with van der Waals surface area (Å²) in [6.45, 7) is 9.26. The third kappa shape index (κ3) is 4.04. The summed E-state index contributed by atoms with van der Waals surface area (Å²) < 4.78 is 1.83. The van der Waals surface area contributed by atoms with Crippen LogP contribution < -0.4 is 10.2 Å². The van der Waals surface area contributed by atoms with E-state index < -0.39 is 0 Å². The van der Waals surface area contributed by atoms with Crippen molar-refractivity contribution >= 4 is 16.5 Å². The highest BCUT2D eigenvalue weighted by molar-refractivity contribution is 7.15. The maximum absolute atomic E-state index is 4.84. The molecule has 2 aromatic rings. The highest BCUT2D eigenvalue weighted by Crippen LogP contribution is 2.30. The van der Waals surface area contributed by atoms with Crippen LogP contribution in [0.3, 0.4) is 0 Å². The minimum atomic E-state index is 0.454. The van der Waals surface area contributed by atoms with E-state index in [4.69, 9.17) is 4.98 Å². The van der Waals surface area contributed by atoms with Gasteiger partial charge in [-0.2, -0.15) is 5.10 Å². The van der Waals surface area contributed by atoms with E-state index in [-0.39, 0.29) is 0 Å². The molecule has 6 heteroatoms. The summed E-state index contributed by atoms with van der Waals surface area (Å²) in [5.74, 6) is 0.454. The summed E-state index contributed by atoms with van der Waals surface area (Å²) in [6, 6.07) is 0. The summed E-state index contributed by atoms with van der Waals surface area (Å²) in [4.78, 5) is 8.39. The SMILES string of the molecule is CCNCc1sc(N(C)Cc2cnn(C)c2)nc1C(C)C. The number of aromatic nitrogens is 3. The van der Waals surface area contributed by atoms with Crippen LogP contribution in [0.5, 0.6) is 0 Å². The molecule has 0 radical (unpaired) electrons. The van der Waals surface area contributed by atoms with Gasteiger partial charge in [0.15, 0.2) is 5.13 Å².